The molecule has 120 valence electrons. The van der Waals surface area contributed by atoms with Gasteiger partial charge in [0.1, 0.15) is 12.4 Å². The van der Waals surface area contributed by atoms with Gasteiger partial charge in [0, 0.05) is 31.7 Å². The average Bonchev–Trinajstić information content (AvgIpc) is 2.69. The van der Waals surface area contributed by atoms with Crippen molar-refractivity contribution in [3.05, 3.63) is 21.9 Å². The Bertz CT molecular complexity index is 613. The summed E-state index contributed by atoms with van der Waals surface area (Å²) in [5.41, 5.74) is 0.712. The van der Waals surface area contributed by atoms with Crippen LogP contribution in [0.4, 0.5) is 9.18 Å². The number of carbonyl (C=O) groups is 1. The third-order valence-electron chi connectivity index (χ3n) is 4.09. The molecule has 8 heteroatoms. The van der Waals surface area contributed by atoms with Crippen molar-refractivity contribution in [2.24, 2.45) is 0 Å². The first-order valence-corrected chi connectivity index (χ1v) is 7.70. The number of benzene rings is 1. The van der Waals surface area contributed by atoms with Crippen molar-refractivity contribution in [3.63, 3.8) is 0 Å². The Kier molecular flexibility index (Phi) is 4.14. The molecule has 1 fully saturated rings. The second-order valence-electron chi connectivity index (χ2n) is 5.36. The van der Waals surface area contributed by atoms with Gasteiger partial charge in [0.2, 0.25) is 0 Å². The number of piperazine rings is 1. The molecule has 2 aliphatic rings. The fraction of sp³-hybridized carbons (Fsp3) is 0.500. The van der Waals surface area contributed by atoms with Crippen LogP contribution >= 0.6 is 15.9 Å². The van der Waals surface area contributed by atoms with E-state index in [4.69, 9.17) is 14.6 Å². The van der Waals surface area contributed by atoms with Crippen molar-refractivity contribution < 1.29 is 23.8 Å². The highest BCUT2D eigenvalue weighted by Crippen LogP contribution is 2.39. The topological polar surface area (TPSA) is 62.2 Å². The SMILES string of the molecule is COc1cc2c(c(F)c1Br)OC[C@H]1CN(C(=O)O)CCN1C2. The molecule has 3 rings (SSSR count). The van der Waals surface area contributed by atoms with Crippen LogP contribution in [0.5, 0.6) is 11.5 Å². The minimum Gasteiger partial charge on any atom is -0.495 e. The first-order chi connectivity index (χ1) is 10.5. The van der Waals surface area contributed by atoms with Crippen molar-refractivity contribution in [2.45, 2.75) is 12.6 Å². The van der Waals surface area contributed by atoms with Crippen LogP contribution in [0.2, 0.25) is 0 Å². The van der Waals surface area contributed by atoms with Gasteiger partial charge in [0.25, 0.3) is 0 Å². The molecule has 0 unspecified atom stereocenters. The monoisotopic (exact) mass is 374 g/mol. The van der Waals surface area contributed by atoms with Crippen LogP contribution in [0.25, 0.3) is 0 Å². The lowest BCUT2D eigenvalue weighted by molar-refractivity contribution is 0.0499. The molecular weight excluding hydrogens is 359 g/mol. The van der Waals surface area contributed by atoms with E-state index in [0.29, 0.717) is 37.5 Å². The number of nitrogens with zero attached hydrogens (tertiary/aromatic N) is 2. The standard InChI is InChI=1S/C14H16BrFN2O4/c1-21-10-4-8-5-17-2-3-18(14(19)20)6-9(17)7-22-13(8)12(16)11(10)15/h4,9H,2-3,5-7H2,1H3,(H,19,20)/t9-/m1/s1. The molecule has 22 heavy (non-hydrogen) atoms. The molecule has 1 aromatic carbocycles. The van der Waals surface area contributed by atoms with Crippen LogP contribution in [0.1, 0.15) is 5.56 Å². The predicted molar refractivity (Wildman–Crippen MR) is 79.9 cm³/mol. The van der Waals surface area contributed by atoms with Crippen molar-refractivity contribution in [2.75, 3.05) is 33.4 Å². The summed E-state index contributed by atoms with van der Waals surface area (Å²) < 4.78 is 25.5. The van der Waals surface area contributed by atoms with E-state index < -0.39 is 11.9 Å². The summed E-state index contributed by atoms with van der Waals surface area (Å²) in [6.07, 6.45) is -0.933. The fourth-order valence-corrected chi connectivity index (χ4v) is 3.35. The summed E-state index contributed by atoms with van der Waals surface area (Å²) in [5.74, 6) is 0.149. The molecule has 0 aromatic heterocycles. The van der Waals surface area contributed by atoms with E-state index in [2.05, 4.69) is 20.8 Å². The maximum absolute atomic E-state index is 14.4. The van der Waals surface area contributed by atoms with Crippen LogP contribution in [0.15, 0.2) is 10.5 Å². The summed E-state index contributed by atoms with van der Waals surface area (Å²) in [7, 11) is 1.48. The first kappa shape index (κ1) is 15.4. The summed E-state index contributed by atoms with van der Waals surface area (Å²) in [5, 5.41) is 9.11. The number of carboxylic acid groups (broad SMARTS) is 1. The van der Waals surface area contributed by atoms with E-state index in [1.165, 1.54) is 12.0 Å². The Labute approximate surface area is 135 Å². The van der Waals surface area contributed by atoms with E-state index in [0.717, 1.165) is 0 Å². The number of hydrogen-bond donors (Lipinski definition) is 1. The van der Waals surface area contributed by atoms with Gasteiger partial charge < -0.3 is 19.5 Å². The van der Waals surface area contributed by atoms with Gasteiger partial charge in [-0.2, -0.15) is 0 Å². The highest BCUT2D eigenvalue weighted by molar-refractivity contribution is 9.10. The van der Waals surface area contributed by atoms with Crippen LogP contribution < -0.4 is 9.47 Å². The molecule has 0 saturated carbocycles. The van der Waals surface area contributed by atoms with Gasteiger partial charge in [0.05, 0.1) is 17.6 Å². The minimum atomic E-state index is -0.933. The third kappa shape index (κ3) is 2.61. The lowest BCUT2D eigenvalue weighted by atomic mass is 10.1. The number of halogens is 2. The van der Waals surface area contributed by atoms with Crippen LogP contribution in [0, 0.1) is 5.82 Å². The number of ether oxygens (including phenoxy) is 2. The first-order valence-electron chi connectivity index (χ1n) is 6.90. The second kappa shape index (κ2) is 5.92. The highest BCUT2D eigenvalue weighted by atomic mass is 79.9. The summed E-state index contributed by atoms with van der Waals surface area (Å²) >= 11 is 3.17. The molecule has 1 saturated heterocycles. The Hall–Kier alpha value is -1.54. The predicted octanol–water partition coefficient (Wildman–Crippen LogP) is 2.15. The Morgan fingerprint density at radius 3 is 3.00 bits per heavy atom. The Morgan fingerprint density at radius 2 is 2.32 bits per heavy atom. The van der Waals surface area contributed by atoms with E-state index in [9.17, 15) is 9.18 Å². The van der Waals surface area contributed by atoms with E-state index in [1.807, 2.05) is 0 Å². The molecular formula is C14H16BrFN2O4. The van der Waals surface area contributed by atoms with E-state index >= 15 is 0 Å². The van der Waals surface area contributed by atoms with E-state index in [-0.39, 0.29) is 22.9 Å². The maximum atomic E-state index is 14.4. The smallest absolute Gasteiger partial charge is 0.407 e. The zero-order chi connectivity index (χ0) is 15.9. The summed E-state index contributed by atoms with van der Waals surface area (Å²) in [6, 6.07) is 1.68. The van der Waals surface area contributed by atoms with Gasteiger partial charge in [0.15, 0.2) is 11.6 Å². The summed E-state index contributed by atoms with van der Waals surface area (Å²) in [4.78, 5) is 14.6. The summed E-state index contributed by atoms with van der Waals surface area (Å²) in [6.45, 7) is 2.17. The lowest BCUT2D eigenvalue weighted by Gasteiger charge is -2.38. The average molecular weight is 375 g/mol. The molecule has 1 N–H and O–H groups in total. The van der Waals surface area contributed by atoms with E-state index in [1.54, 1.807) is 6.07 Å². The lowest BCUT2D eigenvalue weighted by Crippen LogP contribution is -2.55. The molecule has 1 atom stereocenters. The molecule has 6 nitrogen and oxygen atoms in total. The van der Waals surface area contributed by atoms with Crippen molar-refractivity contribution in [1.29, 1.82) is 0 Å². The number of amides is 1. The number of rotatable bonds is 1. The molecule has 2 heterocycles. The zero-order valence-corrected chi connectivity index (χ0v) is 13.6. The van der Waals surface area contributed by atoms with Gasteiger partial charge in [-0.3, -0.25) is 4.90 Å². The minimum absolute atomic E-state index is 0.0820. The molecule has 1 amide bonds. The van der Waals surface area contributed by atoms with Gasteiger partial charge >= 0.3 is 6.09 Å². The Morgan fingerprint density at radius 1 is 1.55 bits per heavy atom. The molecule has 0 spiro atoms. The van der Waals surface area contributed by atoms with Crippen LogP contribution in [-0.4, -0.2) is 60.4 Å². The molecule has 1 aromatic rings. The van der Waals surface area contributed by atoms with Crippen molar-refractivity contribution in [3.8, 4) is 11.5 Å². The number of methoxy groups -OCH3 is 1. The number of hydrogen-bond acceptors (Lipinski definition) is 4. The maximum Gasteiger partial charge on any atom is 0.407 e. The third-order valence-corrected chi connectivity index (χ3v) is 4.83. The molecule has 2 aliphatic heterocycles. The fourth-order valence-electron chi connectivity index (χ4n) is 2.89. The van der Waals surface area contributed by atoms with Gasteiger partial charge in [-0.25, -0.2) is 9.18 Å². The largest absolute Gasteiger partial charge is 0.495 e. The van der Waals surface area contributed by atoms with Crippen molar-refractivity contribution in [1.82, 2.24) is 9.80 Å². The zero-order valence-electron chi connectivity index (χ0n) is 12.0. The molecule has 0 bridgehead atoms. The highest BCUT2D eigenvalue weighted by Gasteiger charge is 2.34. The normalized spacial score (nSPS) is 21.4. The molecule has 0 aliphatic carbocycles. The number of fused-ring (bicyclic) bond motifs is 2. The quantitative estimate of drug-likeness (QED) is 0.815. The van der Waals surface area contributed by atoms with Gasteiger partial charge in [-0.15, -0.1) is 0 Å². The van der Waals surface area contributed by atoms with Gasteiger partial charge in [-0.1, -0.05) is 0 Å². The molecule has 0 radical (unpaired) electrons. The Balaban J connectivity index is 1.89. The van der Waals surface area contributed by atoms with Gasteiger partial charge in [-0.05, 0) is 22.0 Å². The van der Waals surface area contributed by atoms with Crippen molar-refractivity contribution >= 4 is 22.0 Å². The van der Waals surface area contributed by atoms with Crippen LogP contribution in [0.3, 0.4) is 0 Å². The van der Waals surface area contributed by atoms with Crippen LogP contribution in [-0.2, 0) is 6.54 Å². The second-order valence-corrected chi connectivity index (χ2v) is 6.15.